The molecule has 2 aromatic heterocycles. The molecule has 1 aliphatic carbocycles. The first-order chi connectivity index (χ1) is 11.8. The van der Waals surface area contributed by atoms with Gasteiger partial charge in [0.2, 0.25) is 10.0 Å². The summed E-state index contributed by atoms with van der Waals surface area (Å²) < 4.78 is 34.4. The Morgan fingerprint density at radius 3 is 2.44 bits per heavy atom. The average molecular weight is 366 g/mol. The minimum atomic E-state index is -3.67. The van der Waals surface area contributed by atoms with Gasteiger partial charge in [-0.1, -0.05) is 5.16 Å². The van der Waals surface area contributed by atoms with Crippen molar-refractivity contribution in [3.63, 3.8) is 0 Å². The number of nitrogens with zero attached hydrogens (tertiary/aromatic N) is 3. The molecule has 1 N–H and O–H groups in total. The van der Waals surface area contributed by atoms with Crippen molar-refractivity contribution in [3.05, 3.63) is 39.6 Å². The molecule has 1 saturated carbocycles. The van der Waals surface area contributed by atoms with E-state index in [4.69, 9.17) is 4.52 Å². The molecule has 0 spiro atoms. The third-order valence-corrected chi connectivity index (χ3v) is 6.32. The molecule has 0 bridgehead atoms. The standard InChI is InChI=1S/C16H22N4O4S/c1-10-4-9-15(21)20(17-10)14-7-5-13(6-8-14)19-25(22,23)16-11(2)18-24-12(16)3/h4,9,13-14,19H,5-8H2,1-3H3. The molecule has 25 heavy (non-hydrogen) atoms. The van der Waals surface area contributed by atoms with Crippen LogP contribution in [0.15, 0.2) is 26.3 Å². The Morgan fingerprint density at radius 2 is 1.84 bits per heavy atom. The van der Waals surface area contributed by atoms with Crippen LogP contribution in [0, 0.1) is 20.8 Å². The minimum Gasteiger partial charge on any atom is -0.360 e. The Kier molecular flexibility index (Phi) is 4.79. The van der Waals surface area contributed by atoms with E-state index in [-0.39, 0.29) is 28.3 Å². The highest BCUT2D eigenvalue weighted by atomic mass is 32.2. The minimum absolute atomic E-state index is 0.00668. The molecule has 2 aromatic rings. The van der Waals surface area contributed by atoms with E-state index in [1.54, 1.807) is 19.9 Å². The van der Waals surface area contributed by atoms with Gasteiger partial charge in [-0.05, 0) is 52.5 Å². The number of hydrogen-bond acceptors (Lipinski definition) is 6. The Labute approximate surface area is 146 Å². The predicted molar refractivity (Wildman–Crippen MR) is 90.8 cm³/mol. The number of rotatable bonds is 4. The van der Waals surface area contributed by atoms with Crippen LogP contribution in [0.2, 0.25) is 0 Å². The lowest BCUT2D eigenvalue weighted by Crippen LogP contribution is -2.39. The van der Waals surface area contributed by atoms with Gasteiger partial charge in [0.25, 0.3) is 5.56 Å². The zero-order valence-electron chi connectivity index (χ0n) is 14.5. The Bertz CT molecular complexity index is 904. The van der Waals surface area contributed by atoms with Crippen LogP contribution >= 0.6 is 0 Å². The predicted octanol–water partition coefficient (Wildman–Crippen LogP) is 1.62. The van der Waals surface area contributed by atoms with Gasteiger partial charge in [0.15, 0.2) is 5.76 Å². The highest BCUT2D eigenvalue weighted by Crippen LogP contribution is 2.28. The molecule has 0 radical (unpaired) electrons. The fourth-order valence-electron chi connectivity index (χ4n) is 3.36. The fraction of sp³-hybridized carbons (Fsp3) is 0.562. The van der Waals surface area contributed by atoms with Crippen LogP contribution < -0.4 is 10.3 Å². The second-order valence-corrected chi connectivity index (χ2v) is 8.19. The van der Waals surface area contributed by atoms with Crippen molar-refractivity contribution < 1.29 is 12.9 Å². The lowest BCUT2D eigenvalue weighted by molar-refractivity contribution is 0.284. The highest BCUT2D eigenvalue weighted by molar-refractivity contribution is 7.89. The summed E-state index contributed by atoms with van der Waals surface area (Å²) in [6.45, 7) is 5.04. The molecule has 0 atom stereocenters. The van der Waals surface area contributed by atoms with Crippen LogP contribution in [0.25, 0.3) is 0 Å². The molecule has 0 aliphatic heterocycles. The number of hydrogen-bond donors (Lipinski definition) is 1. The van der Waals surface area contributed by atoms with E-state index < -0.39 is 10.0 Å². The van der Waals surface area contributed by atoms with Crippen molar-refractivity contribution in [1.29, 1.82) is 0 Å². The molecule has 1 aliphatic rings. The van der Waals surface area contributed by atoms with Crippen molar-refractivity contribution >= 4 is 10.0 Å². The Morgan fingerprint density at radius 1 is 1.16 bits per heavy atom. The summed E-state index contributed by atoms with van der Waals surface area (Å²) >= 11 is 0. The molecule has 1 fully saturated rings. The lowest BCUT2D eigenvalue weighted by atomic mass is 9.92. The molecule has 0 amide bonds. The van der Waals surface area contributed by atoms with Crippen molar-refractivity contribution in [2.75, 3.05) is 0 Å². The van der Waals surface area contributed by atoms with E-state index in [0.29, 0.717) is 31.4 Å². The van der Waals surface area contributed by atoms with Gasteiger partial charge in [-0.2, -0.15) is 5.10 Å². The first-order valence-electron chi connectivity index (χ1n) is 8.29. The second kappa shape index (κ2) is 6.72. The SMILES string of the molecule is Cc1ccc(=O)n(C2CCC(NS(=O)(=O)c3c(C)noc3C)CC2)n1. The number of aryl methyl sites for hydroxylation is 3. The summed E-state index contributed by atoms with van der Waals surface area (Å²) in [5.74, 6) is 0.286. The average Bonchev–Trinajstić information content (AvgIpc) is 2.90. The zero-order chi connectivity index (χ0) is 18.2. The Hall–Kier alpha value is -2.00. The van der Waals surface area contributed by atoms with Crippen LogP contribution in [0.5, 0.6) is 0 Å². The molecule has 9 heteroatoms. The molecular weight excluding hydrogens is 344 g/mol. The van der Waals surface area contributed by atoms with Crippen LogP contribution in [-0.4, -0.2) is 29.4 Å². The van der Waals surface area contributed by atoms with Crippen LogP contribution in [0.4, 0.5) is 0 Å². The first-order valence-corrected chi connectivity index (χ1v) is 9.78. The van der Waals surface area contributed by atoms with E-state index in [9.17, 15) is 13.2 Å². The van der Waals surface area contributed by atoms with Crippen molar-refractivity contribution in [3.8, 4) is 0 Å². The molecule has 0 saturated heterocycles. The molecule has 0 unspecified atom stereocenters. The molecule has 136 valence electrons. The topological polar surface area (TPSA) is 107 Å². The van der Waals surface area contributed by atoms with Gasteiger partial charge in [0.05, 0.1) is 11.7 Å². The van der Waals surface area contributed by atoms with Crippen molar-refractivity contribution in [2.24, 2.45) is 0 Å². The summed E-state index contributed by atoms with van der Waals surface area (Å²) in [6.07, 6.45) is 2.70. The van der Waals surface area contributed by atoms with Crippen LogP contribution in [0.3, 0.4) is 0 Å². The molecular formula is C16H22N4O4S. The fourth-order valence-corrected chi connectivity index (χ4v) is 4.99. The number of aromatic nitrogens is 3. The molecule has 0 aromatic carbocycles. The van der Waals surface area contributed by atoms with E-state index >= 15 is 0 Å². The molecule has 3 rings (SSSR count). The quantitative estimate of drug-likeness (QED) is 0.881. The van der Waals surface area contributed by atoms with Gasteiger partial charge in [-0.15, -0.1) is 0 Å². The molecule has 8 nitrogen and oxygen atoms in total. The number of nitrogens with one attached hydrogen (secondary N) is 1. The maximum absolute atomic E-state index is 12.6. The van der Waals surface area contributed by atoms with Crippen LogP contribution in [0.1, 0.15) is 48.9 Å². The number of sulfonamides is 1. The van der Waals surface area contributed by atoms with Crippen molar-refractivity contribution in [1.82, 2.24) is 19.7 Å². The van der Waals surface area contributed by atoms with Gasteiger partial charge in [-0.25, -0.2) is 17.8 Å². The zero-order valence-corrected chi connectivity index (χ0v) is 15.3. The maximum Gasteiger partial charge on any atom is 0.267 e. The van der Waals surface area contributed by atoms with Gasteiger partial charge >= 0.3 is 0 Å². The largest absolute Gasteiger partial charge is 0.360 e. The van der Waals surface area contributed by atoms with E-state index in [0.717, 1.165) is 5.69 Å². The maximum atomic E-state index is 12.6. The van der Waals surface area contributed by atoms with Gasteiger partial charge in [0, 0.05) is 12.1 Å². The van der Waals surface area contributed by atoms with E-state index in [2.05, 4.69) is 15.0 Å². The first kappa shape index (κ1) is 17.8. The lowest BCUT2D eigenvalue weighted by Gasteiger charge is -2.29. The monoisotopic (exact) mass is 366 g/mol. The Balaban J connectivity index is 1.69. The molecule has 2 heterocycles. The summed E-state index contributed by atoms with van der Waals surface area (Å²) in [5, 5.41) is 8.01. The summed E-state index contributed by atoms with van der Waals surface area (Å²) in [5.41, 5.74) is 1.03. The summed E-state index contributed by atoms with van der Waals surface area (Å²) in [4.78, 5) is 12.1. The van der Waals surface area contributed by atoms with E-state index in [1.165, 1.54) is 10.7 Å². The third-order valence-electron chi connectivity index (χ3n) is 4.56. The van der Waals surface area contributed by atoms with Crippen molar-refractivity contribution in [2.45, 2.75) is 63.4 Å². The third kappa shape index (κ3) is 3.67. The van der Waals surface area contributed by atoms with Gasteiger partial charge in [-0.3, -0.25) is 4.79 Å². The van der Waals surface area contributed by atoms with E-state index in [1.807, 2.05) is 6.92 Å². The van der Waals surface area contributed by atoms with Gasteiger partial charge in [0.1, 0.15) is 10.6 Å². The highest BCUT2D eigenvalue weighted by Gasteiger charge is 2.30. The van der Waals surface area contributed by atoms with Crippen LogP contribution in [-0.2, 0) is 10.0 Å². The summed E-state index contributed by atoms with van der Waals surface area (Å²) in [6, 6.07) is 3.05. The smallest absolute Gasteiger partial charge is 0.267 e. The normalized spacial score (nSPS) is 21.4. The van der Waals surface area contributed by atoms with Gasteiger partial charge < -0.3 is 4.52 Å². The summed E-state index contributed by atoms with van der Waals surface area (Å²) in [7, 11) is -3.67. The second-order valence-electron chi connectivity index (χ2n) is 6.54.